The maximum atomic E-state index is 11.3. The minimum Gasteiger partial charge on any atom is -0.385 e. The standard InChI is InChI=1S/C7H12BrN3O3S/c1-4(15(3,13)14)6(12)5-7(8)9-10-11(5)2/h4,6,12H,1-3H3. The molecule has 15 heavy (non-hydrogen) atoms. The van der Waals surface area contributed by atoms with Gasteiger partial charge in [-0.25, -0.2) is 13.1 Å². The van der Waals surface area contributed by atoms with Crippen molar-refractivity contribution in [3.05, 3.63) is 10.3 Å². The number of aromatic nitrogens is 3. The van der Waals surface area contributed by atoms with Gasteiger partial charge in [0.1, 0.15) is 11.8 Å². The van der Waals surface area contributed by atoms with E-state index in [0.29, 0.717) is 10.3 Å². The van der Waals surface area contributed by atoms with Crippen molar-refractivity contribution < 1.29 is 13.5 Å². The van der Waals surface area contributed by atoms with Crippen molar-refractivity contribution in [2.24, 2.45) is 7.05 Å². The van der Waals surface area contributed by atoms with Gasteiger partial charge < -0.3 is 5.11 Å². The summed E-state index contributed by atoms with van der Waals surface area (Å²) in [6.45, 7) is 1.44. The Morgan fingerprint density at radius 1 is 1.53 bits per heavy atom. The van der Waals surface area contributed by atoms with Gasteiger partial charge >= 0.3 is 0 Å². The van der Waals surface area contributed by atoms with Gasteiger partial charge in [0.05, 0.1) is 5.25 Å². The Labute approximate surface area is 96.3 Å². The molecule has 1 aromatic rings. The first-order chi connectivity index (χ1) is 6.75. The molecule has 2 unspecified atom stereocenters. The summed E-state index contributed by atoms with van der Waals surface area (Å²) in [5.74, 6) is 0. The summed E-state index contributed by atoms with van der Waals surface area (Å²) in [4.78, 5) is 0. The van der Waals surface area contributed by atoms with E-state index in [-0.39, 0.29) is 0 Å². The largest absolute Gasteiger partial charge is 0.385 e. The monoisotopic (exact) mass is 297 g/mol. The first-order valence-electron chi connectivity index (χ1n) is 4.17. The molecule has 86 valence electrons. The summed E-state index contributed by atoms with van der Waals surface area (Å²) in [5, 5.41) is 16.3. The summed E-state index contributed by atoms with van der Waals surface area (Å²) in [6, 6.07) is 0. The van der Waals surface area contributed by atoms with Gasteiger partial charge in [0.15, 0.2) is 14.4 Å². The lowest BCUT2D eigenvalue weighted by Gasteiger charge is -2.16. The average Bonchev–Trinajstić information content (AvgIpc) is 2.42. The summed E-state index contributed by atoms with van der Waals surface area (Å²) in [6.07, 6.45) is -0.0622. The Morgan fingerprint density at radius 2 is 2.07 bits per heavy atom. The lowest BCUT2D eigenvalue weighted by Crippen LogP contribution is -2.26. The van der Waals surface area contributed by atoms with Gasteiger partial charge in [0, 0.05) is 13.3 Å². The fourth-order valence-electron chi connectivity index (χ4n) is 1.11. The first-order valence-corrected chi connectivity index (χ1v) is 6.92. The minimum absolute atomic E-state index is 0.355. The highest BCUT2D eigenvalue weighted by Crippen LogP contribution is 2.25. The third-order valence-corrected chi connectivity index (χ3v) is 4.40. The number of rotatable bonds is 3. The molecule has 6 nitrogen and oxygen atoms in total. The van der Waals surface area contributed by atoms with Crippen LogP contribution in [-0.4, -0.2) is 40.0 Å². The van der Waals surface area contributed by atoms with Crippen molar-refractivity contribution in [2.75, 3.05) is 6.26 Å². The maximum absolute atomic E-state index is 11.3. The summed E-state index contributed by atoms with van der Waals surface area (Å²) < 4.78 is 24.2. The molecule has 0 saturated carbocycles. The van der Waals surface area contributed by atoms with Gasteiger partial charge in [0.2, 0.25) is 0 Å². The molecule has 2 atom stereocenters. The van der Waals surface area contributed by atoms with Crippen LogP contribution in [0.1, 0.15) is 18.7 Å². The van der Waals surface area contributed by atoms with Crippen LogP contribution in [0, 0.1) is 0 Å². The lowest BCUT2D eigenvalue weighted by molar-refractivity contribution is 0.165. The highest BCUT2D eigenvalue weighted by molar-refractivity contribution is 9.10. The van der Waals surface area contributed by atoms with E-state index in [1.165, 1.54) is 11.6 Å². The van der Waals surface area contributed by atoms with Gasteiger partial charge in [-0.1, -0.05) is 5.21 Å². The predicted molar refractivity (Wildman–Crippen MR) is 58.0 cm³/mol. The average molecular weight is 298 g/mol. The lowest BCUT2D eigenvalue weighted by atomic mass is 10.2. The van der Waals surface area contributed by atoms with Gasteiger partial charge in [-0.15, -0.1) is 5.10 Å². The molecule has 0 bridgehead atoms. The molecule has 0 aliphatic heterocycles. The van der Waals surface area contributed by atoms with Gasteiger partial charge in [-0.3, -0.25) is 0 Å². The fourth-order valence-corrected chi connectivity index (χ4v) is 2.27. The zero-order valence-corrected chi connectivity index (χ0v) is 10.9. The molecule has 1 heterocycles. The molecule has 0 amide bonds. The molecule has 0 aliphatic carbocycles. The van der Waals surface area contributed by atoms with Crippen molar-refractivity contribution >= 4 is 25.8 Å². The van der Waals surface area contributed by atoms with Crippen LogP contribution in [0.25, 0.3) is 0 Å². The number of sulfone groups is 1. The van der Waals surface area contributed by atoms with E-state index >= 15 is 0 Å². The zero-order chi connectivity index (χ0) is 11.8. The van der Waals surface area contributed by atoms with Crippen LogP contribution in [-0.2, 0) is 16.9 Å². The number of halogens is 1. The van der Waals surface area contributed by atoms with Crippen molar-refractivity contribution in [1.29, 1.82) is 0 Å². The van der Waals surface area contributed by atoms with Crippen LogP contribution in [0.15, 0.2) is 4.60 Å². The molecule has 0 saturated heterocycles. The van der Waals surface area contributed by atoms with E-state index in [0.717, 1.165) is 6.26 Å². The Morgan fingerprint density at radius 3 is 2.40 bits per heavy atom. The number of hydrogen-bond donors (Lipinski definition) is 1. The second-order valence-electron chi connectivity index (χ2n) is 3.37. The van der Waals surface area contributed by atoms with Crippen molar-refractivity contribution in [1.82, 2.24) is 15.0 Å². The molecule has 0 aromatic carbocycles. The zero-order valence-electron chi connectivity index (χ0n) is 8.55. The summed E-state index contributed by atoms with van der Waals surface area (Å²) in [5.41, 5.74) is 0.355. The maximum Gasteiger partial charge on any atom is 0.154 e. The molecular formula is C7H12BrN3O3S. The number of aliphatic hydroxyl groups is 1. The van der Waals surface area contributed by atoms with E-state index in [9.17, 15) is 13.5 Å². The first kappa shape index (κ1) is 12.6. The van der Waals surface area contributed by atoms with E-state index < -0.39 is 21.2 Å². The Kier molecular flexibility index (Phi) is 3.51. The van der Waals surface area contributed by atoms with E-state index in [2.05, 4.69) is 26.2 Å². The van der Waals surface area contributed by atoms with Crippen molar-refractivity contribution in [2.45, 2.75) is 18.3 Å². The Balaban J connectivity index is 3.10. The summed E-state index contributed by atoms with van der Waals surface area (Å²) >= 11 is 3.10. The van der Waals surface area contributed by atoms with Crippen LogP contribution in [0.5, 0.6) is 0 Å². The van der Waals surface area contributed by atoms with Crippen LogP contribution in [0.2, 0.25) is 0 Å². The molecule has 0 aliphatic rings. The second kappa shape index (κ2) is 4.18. The Hall–Kier alpha value is -0.470. The number of aliphatic hydroxyl groups excluding tert-OH is 1. The summed E-state index contributed by atoms with van der Waals surface area (Å²) in [7, 11) is -1.71. The van der Waals surface area contributed by atoms with Gasteiger partial charge in [-0.05, 0) is 22.9 Å². The van der Waals surface area contributed by atoms with Gasteiger partial charge in [0.25, 0.3) is 0 Å². The van der Waals surface area contributed by atoms with Crippen LogP contribution in [0.4, 0.5) is 0 Å². The molecule has 1 N–H and O–H groups in total. The normalized spacial score (nSPS) is 16.3. The number of nitrogens with zero attached hydrogens (tertiary/aromatic N) is 3. The third-order valence-electron chi connectivity index (χ3n) is 2.23. The molecule has 8 heteroatoms. The highest BCUT2D eigenvalue weighted by atomic mass is 79.9. The van der Waals surface area contributed by atoms with E-state index in [1.807, 2.05) is 0 Å². The second-order valence-corrected chi connectivity index (χ2v) is 6.52. The minimum atomic E-state index is -3.30. The molecular weight excluding hydrogens is 286 g/mol. The van der Waals surface area contributed by atoms with E-state index in [4.69, 9.17) is 0 Å². The van der Waals surface area contributed by atoms with Gasteiger partial charge in [-0.2, -0.15) is 0 Å². The molecule has 0 radical (unpaired) electrons. The predicted octanol–water partition coefficient (Wildman–Crippen LogP) is 0.0441. The van der Waals surface area contributed by atoms with Crippen molar-refractivity contribution in [3.8, 4) is 0 Å². The molecule has 1 rings (SSSR count). The number of aryl methyl sites for hydroxylation is 1. The Bertz CT molecular complexity index is 437. The fraction of sp³-hybridized carbons (Fsp3) is 0.714. The number of hydrogen-bond acceptors (Lipinski definition) is 5. The van der Waals surface area contributed by atoms with Crippen LogP contribution in [0.3, 0.4) is 0 Å². The highest BCUT2D eigenvalue weighted by Gasteiger charge is 2.29. The van der Waals surface area contributed by atoms with E-state index in [1.54, 1.807) is 7.05 Å². The quantitative estimate of drug-likeness (QED) is 0.852. The SMILES string of the molecule is CC(C(O)c1c(Br)nnn1C)S(C)(=O)=O. The molecule has 1 aromatic heterocycles. The topological polar surface area (TPSA) is 85.1 Å². The molecule has 0 fully saturated rings. The van der Waals surface area contributed by atoms with Crippen LogP contribution < -0.4 is 0 Å². The van der Waals surface area contributed by atoms with Crippen molar-refractivity contribution in [3.63, 3.8) is 0 Å². The third kappa shape index (κ3) is 2.56. The van der Waals surface area contributed by atoms with Crippen LogP contribution >= 0.6 is 15.9 Å². The smallest absolute Gasteiger partial charge is 0.154 e. The molecule has 0 spiro atoms.